The van der Waals surface area contributed by atoms with Crippen LogP contribution in [0.1, 0.15) is 0 Å². The van der Waals surface area contributed by atoms with Crippen LogP contribution in [0.3, 0.4) is 0 Å². The Kier molecular flexibility index (Phi) is 6.56. The third kappa shape index (κ3) is 5.39. The van der Waals surface area contributed by atoms with Crippen molar-refractivity contribution in [2.75, 3.05) is 38.8 Å². The molecular formula is C12H17F2NO3. The molecule has 1 aromatic carbocycles. The Bertz CT molecular complexity index is 363. The number of rotatable bonds is 8. The molecule has 0 heterocycles. The minimum Gasteiger partial charge on any atom is -0.389 e. The minimum atomic E-state index is -0.801. The summed E-state index contributed by atoms with van der Waals surface area (Å²) in [5.74, 6) is -1.10. The van der Waals surface area contributed by atoms with Crippen LogP contribution in [0.5, 0.6) is 0 Å². The standard InChI is InChI=1S/C12H17F2NO3/c1-17-4-5-18-8-10(16)7-15-12-6-9(13)2-3-11(12)14/h2-3,6,10,15-16H,4-5,7-8H2,1H3. The van der Waals surface area contributed by atoms with Gasteiger partial charge in [0.05, 0.1) is 31.6 Å². The Balaban J connectivity index is 2.29. The normalized spacial score (nSPS) is 12.4. The summed E-state index contributed by atoms with van der Waals surface area (Å²) in [5.41, 5.74) is 0.0194. The quantitative estimate of drug-likeness (QED) is 0.695. The van der Waals surface area contributed by atoms with Crippen LogP contribution in [0.2, 0.25) is 0 Å². The topological polar surface area (TPSA) is 50.7 Å². The number of anilines is 1. The van der Waals surface area contributed by atoms with Crippen molar-refractivity contribution in [2.45, 2.75) is 6.10 Å². The molecule has 4 nitrogen and oxygen atoms in total. The van der Waals surface area contributed by atoms with E-state index in [2.05, 4.69) is 5.32 Å². The second kappa shape index (κ2) is 7.97. The molecule has 1 rings (SSSR count). The Hall–Kier alpha value is -1.24. The van der Waals surface area contributed by atoms with E-state index in [1.807, 2.05) is 0 Å². The molecule has 0 saturated heterocycles. The van der Waals surface area contributed by atoms with Gasteiger partial charge in [0.25, 0.3) is 0 Å². The van der Waals surface area contributed by atoms with Crippen LogP contribution in [-0.4, -0.2) is 44.7 Å². The monoisotopic (exact) mass is 261 g/mol. The fourth-order valence-electron chi connectivity index (χ4n) is 1.28. The highest BCUT2D eigenvalue weighted by Crippen LogP contribution is 2.14. The first-order chi connectivity index (χ1) is 8.63. The molecule has 0 aromatic heterocycles. The van der Waals surface area contributed by atoms with Crippen LogP contribution in [0.4, 0.5) is 14.5 Å². The third-order valence-electron chi connectivity index (χ3n) is 2.20. The van der Waals surface area contributed by atoms with Gasteiger partial charge in [-0.05, 0) is 18.2 Å². The van der Waals surface area contributed by atoms with Crippen LogP contribution in [0, 0.1) is 11.6 Å². The molecule has 0 radical (unpaired) electrons. The number of nitrogens with one attached hydrogen (secondary N) is 1. The van der Waals surface area contributed by atoms with E-state index in [0.29, 0.717) is 13.2 Å². The summed E-state index contributed by atoms with van der Waals surface area (Å²) in [7, 11) is 1.55. The molecule has 0 aliphatic heterocycles. The van der Waals surface area contributed by atoms with Crippen molar-refractivity contribution in [1.82, 2.24) is 0 Å². The van der Waals surface area contributed by atoms with Gasteiger partial charge >= 0.3 is 0 Å². The lowest BCUT2D eigenvalue weighted by molar-refractivity contribution is 0.0182. The van der Waals surface area contributed by atoms with Crippen molar-refractivity contribution in [1.29, 1.82) is 0 Å². The van der Waals surface area contributed by atoms with Crippen LogP contribution < -0.4 is 5.32 Å². The lowest BCUT2D eigenvalue weighted by Gasteiger charge is -2.13. The van der Waals surface area contributed by atoms with Gasteiger partial charge in [-0.25, -0.2) is 8.78 Å². The van der Waals surface area contributed by atoms with E-state index in [1.54, 1.807) is 7.11 Å². The Morgan fingerprint density at radius 3 is 2.83 bits per heavy atom. The van der Waals surface area contributed by atoms with Crippen molar-refractivity contribution < 1.29 is 23.4 Å². The van der Waals surface area contributed by atoms with Gasteiger partial charge in [-0.15, -0.1) is 0 Å². The summed E-state index contributed by atoms with van der Waals surface area (Å²) in [6.07, 6.45) is -0.801. The summed E-state index contributed by atoms with van der Waals surface area (Å²) in [6.45, 7) is 1.00. The molecule has 0 aliphatic carbocycles. The van der Waals surface area contributed by atoms with E-state index >= 15 is 0 Å². The molecule has 2 N–H and O–H groups in total. The Morgan fingerprint density at radius 1 is 1.33 bits per heavy atom. The molecule has 1 aromatic rings. The van der Waals surface area contributed by atoms with Crippen LogP contribution in [0.25, 0.3) is 0 Å². The van der Waals surface area contributed by atoms with Crippen molar-refractivity contribution in [3.63, 3.8) is 0 Å². The second-order valence-electron chi connectivity index (χ2n) is 3.73. The second-order valence-corrected chi connectivity index (χ2v) is 3.73. The summed E-state index contributed by atoms with van der Waals surface area (Å²) in [6, 6.07) is 3.10. The zero-order chi connectivity index (χ0) is 13.4. The van der Waals surface area contributed by atoms with Crippen molar-refractivity contribution in [3.8, 4) is 0 Å². The molecule has 1 unspecified atom stereocenters. The number of benzene rings is 1. The first kappa shape index (κ1) is 14.8. The number of halogens is 2. The highest BCUT2D eigenvalue weighted by molar-refractivity contribution is 5.44. The van der Waals surface area contributed by atoms with Gasteiger partial charge in [-0.1, -0.05) is 0 Å². The largest absolute Gasteiger partial charge is 0.389 e. The molecule has 0 bridgehead atoms. The number of hydrogen-bond acceptors (Lipinski definition) is 4. The average molecular weight is 261 g/mol. The third-order valence-corrected chi connectivity index (χ3v) is 2.20. The molecule has 0 spiro atoms. The van der Waals surface area contributed by atoms with Crippen LogP contribution in [-0.2, 0) is 9.47 Å². The summed E-state index contributed by atoms with van der Waals surface area (Å²) in [4.78, 5) is 0. The van der Waals surface area contributed by atoms with Gasteiger partial charge in [0.15, 0.2) is 0 Å². The molecule has 0 saturated carbocycles. The summed E-state index contributed by atoms with van der Waals surface area (Å²) < 4.78 is 35.9. The number of aliphatic hydroxyl groups is 1. The maximum absolute atomic E-state index is 13.2. The first-order valence-corrected chi connectivity index (χ1v) is 5.57. The molecule has 102 valence electrons. The zero-order valence-electron chi connectivity index (χ0n) is 10.2. The van der Waals surface area contributed by atoms with Gasteiger partial charge in [0, 0.05) is 13.7 Å². The number of hydrogen-bond donors (Lipinski definition) is 2. The minimum absolute atomic E-state index is 0.0194. The van der Waals surface area contributed by atoms with E-state index in [9.17, 15) is 13.9 Å². The summed E-state index contributed by atoms with van der Waals surface area (Å²) >= 11 is 0. The van der Waals surface area contributed by atoms with Crippen LogP contribution >= 0.6 is 0 Å². The van der Waals surface area contributed by atoms with E-state index < -0.39 is 17.7 Å². The van der Waals surface area contributed by atoms with E-state index in [-0.39, 0.29) is 18.8 Å². The molecule has 0 fully saturated rings. The van der Waals surface area contributed by atoms with Gasteiger partial charge in [-0.3, -0.25) is 0 Å². The molecule has 0 aliphatic rings. The Morgan fingerprint density at radius 2 is 2.11 bits per heavy atom. The Labute approximate surface area is 105 Å². The van der Waals surface area contributed by atoms with Crippen molar-refractivity contribution in [3.05, 3.63) is 29.8 Å². The lowest BCUT2D eigenvalue weighted by atomic mass is 10.3. The zero-order valence-corrected chi connectivity index (χ0v) is 10.2. The lowest BCUT2D eigenvalue weighted by Crippen LogP contribution is -2.26. The van der Waals surface area contributed by atoms with Gasteiger partial charge in [0.2, 0.25) is 0 Å². The highest BCUT2D eigenvalue weighted by Gasteiger charge is 2.07. The van der Waals surface area contributed by atoms with Gasteiger partial charge in [-0.2, -0.15) is 0 Å². The SMILES string of the molecule is COCCOCC(O)CNc1cc(F)ccc1F. The fraction of sp³-hybridized carbons (Fsp3) is 0.500. The molecule has 18 heavy (non-hydrogen) atoms. The molecule has 1 atom stereocenters. The predicted octanol–water partition coefficient (Wildman–Crippen LogP) is 1.40. The van der Waals surface area contributed by atoms with E-state index in [4.69, 9.17) is 9.47 Å². The molecule has 0 amide bonds. The maximum Gasteiger partial charge on any atom is 0.146 e. The smallest absolute Gasteiger partial charge is 0.146 e. The molecule has 6 heteroatoms. The van der Waals surface area contributed by atoms with Crippen molar-refractivity contribution >= 4 is 5.69 Å². The van der Waals surface area contributed by atoms with Crippen LogP contribution in [0.15, 0.2) is 18.2 Å². The first-order valence-electron chi connectivity index (χ1n) is 5.57. The van der Waals surface area contributed by atoms with E-state index in [1.165, 1.54) is 0 Å². The van der Waals surface area contributed by atoms with Gasteiger partial charge < -0.3 is 19.9 Å². The summed E-state index contributed by atoms with van der Waals surface area (Å²) in [5, 5.41) is 12.1. The van der Waals surface area contributed by atoms with Gasteiger partial charge in [0.1, 0.15) is 11.6 Å². The fourth-order valence-corrected chi connectivity index (χ4v) is 1.28. The molecular weight excluding hydrogens is 244 g/mol. The maximum atomic E-state index is 13.2. The number of ether oxygens (including phenoxy) is 2. The number of aliphatic hydroxyl groups excluding tert-OH is 1. The van der Waals surface area contributed by atoms with E-state index in [0.717, 1.165) is 18.2 Å². The number of methoxy groups -OCH3 is 1. The predicted molar refractivity (Wildman–Crippen MR) is 63.5 cm³/mol. The average Bonchev–Trinajstić information content (AvgIpc) is 2.36. The highest BCUT2D eigenvalue weighted by atomic mass is 19.1. The van der Waals surface area contributed by atoms with Crippen molar-refractivity contribution in [2.24, 2.45) is 0 Å².